The van der Waals surface area contributed by atoms with Gasteiger partial charge in [0.2, 0.25) is 0 Å². The summed E-state index contributed by atoms with van der Waals surface area (Å²) in [7, 11) is 1.32. The molecule has 8 heteroatoms. The van der Waals surface area contributed by atoms with Crippen LogP contribution in [-0.2, 0) is 4.74 Å². The van der Waals surface area contributed by atoms with E-state index in [-0.39, 0.29) is 5.69 Å². The fourth-order valence-corrected chi connectivity index (χ4v) is 2.00. The lowest BCUT2D eigenvalue weighted by Crippen LogP contribution is -2.19. The number of nitro groups is 1. The van der Waals surface area contributed by atoms with Crippen molar-refractivity contribution in [3.63, 3.8) is 0 Å². The Labute approximate surface area is 137 Å². The van der Waals surface area contributed by atoms with Crippen LogP contribution in [-0.4, -0.2) is 23.1 Å². The molecule has 0 saturated carbocycles. The molecule has 0 aliphatic carbocycles. The Morgan fingerprint density at radius 3 is 1.96 bits per heavy atom. The van der Waals surface area contributed by atoms with Crippen molar-refractivity contribution in [1.29, 1.82) is 0 Å². The Morgan fingerprint density at radius 1 is 1.04 bits per heavy atom. The molecule has 0 aromatic heterocycles. The van der Waals surface area contributed by atoms with E-state index in [9.17, 15) is 14.9 Å². The van der Waals surface area contributed by atoms with Crippen LogP contribution in [0.1, 0.15) is 10.4 Å². The smallest absolute Gasteiger partial charge is 0.337 e. The van der Waals surface area contributed by atoms with Crippen molar-refractivity contribution < 1.29 is 14.5 Å². The van der Waals surface area contributed by atoms with Gasteiger partial charge in [0.05, 0.1) is 17.6 Å². The molecule has 0 bridgehead atoms. The summed E-state index contributed by atoms with van der Waals surface area (Å²) in [6.07, 6.45) is 0. The first-order chi connectivity index (χ1) is 11.0. The molecule has 23 heavy (non-hydrogen) atoms. The Hall–Kier alpha value is -3.00. The second-order valence-corrected chi connectivity index (χ2v) is 4.86. The highest BCUT2D eigenvalue weighted by molar-refractivity contribution is 7.80. The molecule has 0 saturated heterocycles. The number of hydrogen-bond acceptors (Lipinski definition) is 5. The second-order valence-electron chi connectivity index (χ2n) is 4.45. The van der Waals surface area contributed by atoms with Gasteiger partial charge in [-0.1, -0.05) is 0 Å². The van der Waals surface area contributed by atoms with Gasteiger partial charge in [-0.3, -0.25) is 10.1 Å². The molecular weight excluding hydrogens is 318 g/mol. The normalized spacial score (nSPS) is 9.78. The number of carbonyl (C=O) groups is 1. The highest BCUT2D eigenvalue weighted by Crippen LogP contribution is 2.16. The van der Waals surface area contributed by atoms with Gasteiger partial charge in [0, 0.05) is 23.5 Å². The number of nitrogens with one attached hydrogen (secondary N) is 2. The van der Waals surface area contributed by atoms with Crippen LogP contribution in [0.15, 0.2) is 48.5 Å². The molecule has 0 amide bonds. The maximum absolute atomic E-state index is 11.3. The second kappa shape index (κ2) is 7.32. The van der Waals surface area contributed by atoms with Gasteiger partial charge in [-0.05, 0) is 48.6 Å². The summed E-state index contributed by atoms with van der Waals surface area (Å²) in [4.78, 5) is 21.5. The number of benzene rings is 2. The van der Waals surface area contributed by atoms with E-state index >= 15 is 0 Å². The Bertz CT molecular complexity index is 729. The zero-order valence-electron chi connectivity index (χ0n) is 12.1. The van der Waals surface area contributed by atoms with Crippen LogP contribution in [0.4, 0.5) is 17.1 Å². The first-order valence-electron chi connectivity index (χ1n) is 6.50. The van der Waals surface area contributed by atoms with Gasteiger partial charge < -0.3 is 15.4 Å². The fraction of sp³-hybridized carbons (Fsp3) is 0.0667. The van der Waals surface area contributed by atoms with Crippen LogP contribution in [0.5, 0.6) is 0 Å². The molecule has 0 spiro atoms. The summed E-state index contributed by atoms with van der Waals surface area (Å²) in [5.74, 6) is -0.414. The van der Waals surface area contributed by atoms with Crippen molar-refractivity contribution in [3.8, 4) is 0 Å². The number of nitrogens with zero attached hydrogens (tertiary/aromatic N) is 1. The molecule has 2 rings (SSSR count). The fourth-order valence-electron chi connectivity index (χ4n) is 1.77. The lowest BCUT2D eigenvalue weighted by Gasteiger charge is -2.10. The lowest BCUT2D eigenvalue weighted by atomic mass is 10.2. The van der Waals surface area contributed by atoms with Crippen LogP contribution >= 0.6 is 12.2 Å². The van der Waals surface area contributed by atoms with E-state index in [0.29, 0.717) is 22.1 Å². The monoisotopic (exact) mass is 331 g/mol. The van der Waals surface area contributed by atoms with Gasteiger partial charge in [0.25, 0.3) is 5.69 Å². The molecule has 0 aliphatic heterocycles. The largest absolute Gasteiger partial charge is 0.465 e. The zero-order chi connectivity index (χ0) is 16.8. The lowest BCUT2D eigenvalue weighted by molar-refractivity contribution is -0.384. The molecular formula is C15H13N3O4S. The molecule has 0 atom stereocenters. The Balaban J connectivity index is 1.96. The predicted molar refractivity (Wildman–Crippen MR) is 90.7 cm³/mol. The zero-order valence-corrected chi connectivity index (χ0v) is 12.9. The number of ether oxygens (including phenoxy) is 1. The van der Waals surface area contributed by atoms with Crippen LogP contribution in [0.3, 0.4) is 0 Å². The first kappa shape index (κ1) is 16.4. The molecule has 2 aromatic carbocycles. The number of non-ortho nitro benzene ring substituents is 1. The third-order valence-electron chi connectivity index (χ3n) is 2.90. The molecule has 0 aliphatic rings. The van der Waals surface area contributed by atoms with E-state index < -0.39 is 10.9 Å². The molecule has 0 fully saturated rings. The third kappa shape index (κ3) is 4.48. The van der Waals surface area contributed by atoms with Crippen molar-refractivity contribution in [3.05, 3.63) is 64.2 Å². The molecule has 0 heterocycles. The number of nitro benzene ring substituents is 1. The van der Waals surface area contributed by atoms with E-state index in [0.717, 1.165) is 0 Å². The molecule has 2 aromatic rings. The van der Waals surface area contributed by atoms with Gasteiger partial charge in [0.1, 0.15) is 0 Å². The summed E-state index contributed by atoms with van der Waals surface area (Å²) >= 11 is 5.16. The number of methoxy groups -OCH3 is 1. The number of hydrogen-bond donors (Lipinski definition) is 2. The third-order valence-corrected chi connectivity index (χ3v) is 3.10. The van der Waals surface area contributed by atoms with Crippen LogP contribution in [0, 0.1) is 10.1 Å². The van der Waals surface area contributed by atoms with E-state index in [1.807, 2.05) is 0 Å². The average molecular weight is 331 g/mol. The summed E-state index contributed by atoms with van der Waals surface area (Å²) in [6.45, 7) is 0. The topological polar surface area (TPSA) is 93.5 Å². The number of esters is 1. The summed E-state index contributed by atoms with van der Waals surface area (Å²) in [5.41, 5.74) is 1.76. The Kier molecular flexibility index (Phi) is 5.21. The van der Waals surface area contributed by atoms with E-state index in [1.165, 1.54) is 19.2 Å². The number of carbonyl (C=O) groups excluding carboxylic acids is 1. The standard InChI is InChI=1S/C15H13N3O4S/c1-22-14(19)10-2-4-11(5-3-10)16-15(23)17-12-6-8-13(9-7-12)18(20)21/h2-9H,1H3,(H2,16,17,23). The minimum Gasteiger partial charge on any atom is -0.465 e. The van der Waals surface area contributed by atoms with Gasteiger partial charge in [0.15, 0.2) is 5.11 Å². The van der Waals surface area contributed by atoms with E-state index in [4.69, 9.17) is 12.2 Å². The SMILES string of the molecule is COC(=O)c1ccc(NC(=S)Nc2ccc([N+](=O)[O-])cc2)cc1. The number of anilines is 2. The van der Waals surface area contributed by atoms with Crippen molar-refractivity contribution in [2.75, 3.05) is 17.7 Å². The van der Waals surface area contributed by atoms with Gasteiger partial charge >= 0.3 is 5.97 Å². The maximum atomic E-state index is 11.3. The molecule has 0 unspecified atom stereocenters. The van der Waals surface area contributed by atoms with Crippen LogP contribution in [0.25, 0.3) is 0 Å². The minimum absolute atomic E-state index is 0.00725. The van der Waals surface area contributed by atoms with Gasteiger partial charge in [-0.2, -0.15) is 0 Å². The molecule has 2 N–H and O–H groups in total. The minimum atomic E-state index is -0.469. The van der Waals surface area contributed by atoms with Crippen LogP contribution < -0.4 is 10.6 Å². The highest BCUT2D eigenvalue weighted by atomic mass is 32.1. The van der Waals surface area contributed by atoms with Gasteiger partial charge in [-0.15, -0.1) is 0 Å². The summed E-state index contributed by atoms with van der Waals surface area (Å²) in [5, 5.41) is 16.8. The summed E-state index contributed by atoms with van der Waals surface area (Å²) in [6, 6.07) is 12.5. The van der Waals surface area contributed by atoms with Crippen LogP contribution in [0.2, 0.25) is 0 Å². The average Bonchev–Trinajstić information content (AvgIpc) is 2.55. The maximum Gasteiger partial charge on any atom is 0.337 e. The predicted octanol–water partition coefficient (Wildman–Crippen LogP) is 3.19. The molecule has 0 radical (unpaired) electrons. The van der Waals surface area contributed by atoms with E-state index in [1.54, 1.807) is 36.4 Å². The first-order valence-corrected chi connectivity index (χ1v) is 6.91. The quantitative estimate of drug-likeness (QED) is 0.384. The molecule has 7 nitrogen and oxygen atoms in total. The van der Waals surface area contributed by atoms with Crippen molar-refractivity contribution in [2.24, 2.45) is 0 Å². The van der Waals surface area contributed by atoms with Crippen molar-refractivity contribution in [1.82, 2.24) is 0 Å². The number of rotatable bonds is 4. The highest BCUT2D eigenvalue weighted by Gasteiger charge is 2.06. The summed E-state index contributed by atoms with van der Waals surface area (Å²) < 4.78 is 4.62. The Morgan fingerprint density at radius 2 is 1.52 bits per heavy atom. The van der Waals surface area contributed by atoms with Gasteiger partial charge in [-0.25, -0.2) is 4.79 Å². The molecule has 118 valence electrons. The van der Waals surface area contributed by atoms with Crippen molar-refractivity contribution >= 4 is 40.4 Å². The number of thiocarbonyl (C=S) groups is 1. The van der Waals surface area contributed by atoms with Crippen molar-refractivity contribution in [2.45, 2.75) is 0 Å². The van der Waals surface area contributed by atoms with E-state index in [2.05, 4.69) is 15.4 Å².